The van der Waals surface area contributed by atoms with E-state index in [1.165, 1.54) is 11.3 Å². The molecule has 0 fully saturated rings. The molecule has 5 nitrogen and oxygen atoms in total. The van der Waals surface area contributed by atoms with Crippen molar-refractivity contribution in [3.63, 3.8) is 0 Å². The van der Waals surface area contributed by atoms with Gasteiger partial charge in [-0.15, -0.1) is 21.5 Å². The second-order valence-corrected chi connectivity index (χ2v) is 4.01. The van der Waals surface area contributed by atoms with Crippen LogP contribution in [0.1, 0.15) is 18.0 Å². The third-order valence-electron chi connectivity index (χ3n) is 2.00. The van der Waals surface area contributed by atoms with Crippen molar-refractivity contribution >= 4 is 11.3 Å². The van der Waals surface area contributed by atoms with Crippen molar-refractivity contribution in [2.75, 3.05) is 6.54 Å². The second-order valence-electron chi connectivity index (χ2n) is 3.16. The summed E-state index contributed by atoms with van der Waals surface area (Å²) >= 11 is 1.51. The summed E-state index contributed by atoms with van der Waals surface area (Å²) in [5, 5.41) is 7.94. The third kappa shape index (κ3) is 2.21. The fourth-order valence-corrected chi connectivity index (χ4v) is 1.93. The van der Waals surface area contributed by atoms with Crippen LogP contribution >= 0.6 is 11.3 Å². The average Bonchev–Trinajstić information content (AvgIpc) is 2.83. The first kappa shape index (κ1) is 10.3. The topological polar surface area (TPSA) is 77.8 Å². The number of hydrogen-bond acceptors (Lipinski definition) is 6. The first-order valence-electron chi connectivity index (χ1n) is 4.74. The van der Waals surface area contributed by atoms with E-state index in [0.717, 1.165) is 23.4 Å². The Bertz CT molecular complexity index is 437. The minimum Gasteiger partial charge on any atom is -0.420 e. The predicted octanol–water partition coefficient (Wildman–Crippen LogP) is 1.39. The van der Waals surface area contributed by atoms with Crippen LogP contribution in [0, 0.1) is 6.92 Å². The molecule has 6 heteroatoms. The summed E-state index contributed by atoms with van der Waals surface area (Å²) in [4.78, 5) is 5.08. The van der Waals surface area contributed by atoms with E-state index in [0.29, 0.717) is 18.3 Å². The van der Waals surface area contributed by atoms with E-state index in [4.69, 9.17) is 10.2 Å². The molecule has 2 aromatic heterocycles. The Morgan fingerprint density at radius 1 is 1.47 bits per heavy atom. The van der Waals surface area contributed by atoms with E-state index in [9.17, 15) is 0 Å². The van der Waals surface area contributed by atoms with E-state index >= 15 is 0 Å². The van der Waals surface area contributed by atoms with Crippen LogP contribution in [0.3, 0.4) is 0 Å². The second kappa shape index (κ2) is 4.50. The molecule has 0 saturated heterocycles. The number of nitrogens with two attached hydrogens (primary N) is 1. The summed E-state index contributed by atoms with van der Waals surface area (Å²) in [6.07, 6.45) is 1.60. The number of thiazole rings is 1. The van der Waals surface area contributed by atoms with Gasteiger partial charge >= 0.3 is 0 Å². The number of aromatic nitrogens is 3. The highest BCUT2D eigenvalue weighted by Gasteiger charge is 2.12. The van der Waals surface area contributed by atoms with Gasteiger partial charge in [0.15, 0.2) is 0 Å². The molecule has 0 aliphatic carbocycles. The quantitative estimate of drug-likeness (QED) is 0.849. The Balaban J connectivity index is 2.17. The molecular weight excluding hydrogens is 212 g/mol. The monoisotopic (exact) mass is 224 g/mol. The number of aryl methyl sites for hydroxylation is 2. The number of nitrogens with zero attached hydrogens (tertiary/aromatic N) is 3. The average molecular weight is 224 g/mol. The largest absolute Gasteiger partial charge is 0.420 e. The highest BCUT2D eigenvalue weighted by Crippen LogP contribution is 2.25. The molecule has 0 radical (unpaired) electrons. The van der Waals surface area contributed by atoms with E-state index in [2.05, 4.69) is 15.2 Å². The van der Waals surface area contributed by atoms with Crippen LogP contribution in [0.25, 0.3) is 10.8 Å². The summed E-state index contributed by atoms with van der Waals surface area (Å²) in [5.74, 6) is 1.20. The highest BCUT2D eigenvalue weighted by molar-refractivity contribution is 7.13. The normalized spacial score (nSPS) is 10.8. The van der Waals surface area contributed by atoms with Crippen molar-refractivity contribution < 1.29 is 4.42 Å². The van der Waals surface area contributed by atoms with Crippen molar-refractivity contribution in [2.24, 2.45) is 5.73 Å². The van der Waals surface area contributed by atoms with Gasteiger partial charge in [-0.2, -0.15) is 0 Å². The number of hydrogen-bond donors (Lipinski definition) is 1. The first-order valence-corrected chi connectivity index (χ1v) is 5.62. The van der Waals surface area contributed by atoms with Gasteiger partial charge in [-0.1, -0.05) is 0 Å². The lowest BCUT2D eigenvalue weighted by Crippen LogP contribution is -2.00. The van der Waals surface area contributed by atoms with Gasteiger partial charge in [0, 0.05) is 6.42 Å². The molecule has 2 heterocycles. The summed E-state index contributed by atoms with van der Waals surface area (Å²) in [5.41, 5.74) is 8.10. The molecule has 2 N–H and O–H groups in total. The van der Waals surface area contributed by atoms with E-state index < -0.39 is 0 Å². The Morgan fingerprint density at radius 3 is 3.00 bits per heavy atom. The van der Waals surface area contributed by atoms with Crippen LogP contribution in [0.15, 0.2) is 9.93 Å². The van der Waals surface area contributed by atoms with Gasteiger partial charge in [-0.25, -0.2) is 4.98 Å². The van der Waals surface area contributed by atoms with Gasteiger partial charge in [-0.05, 0) is 19.9 Å². The lowest BCUT2D eigenvalue weighted by atomic mass is 10.3. The van der Waals surface area contributed by atoms with Crippen molar-refractivity contribution in [2.45, 2.75) is 19.8 Å². The maximum Gasteiger partial charge on any atom is 0.259 e. The maximum absolute atomic E-state index is 5.50. The SMILES string of the molecule is Cc1ncsc1-c1nnc(CCCN)o1. The lowest BCUT2D eigenvalue weighted by molar-refractivity contribution is 0.499. The van der Waals surface area contributed by atoms with Crippen LogP contribution in [0.2, 0.25) is 0 Å². The molecule has 0 unspecified atom stereocenters. The van der Waals surface area contributed by atoms with Crippen LogP contribution in [0.5, 0.6) is 0 Å². The molecule has 0 saturated carbocycles. The number of rotatable bonds is 4. The Labute approximate surface area is 91.4 Å². The zero-order valence-electron chi connectivity index (χ0n) is 8.43. The van der Waals surface area contributed by atoms with Gasteiger partial charge in [0.05, 0.1) is 11.2 Å². The van der Waals surface area contributed by atoms with Crippen molar-refractivity contribution in [1.82, 2.24) is 15.2 Å². The molecule has 0 aromatic carbocycles. The minimum atomic E-state index is 0.557. The molecule has 0 atom stereocenters. The van der Waals surface area contributed by atoms with Gasteiger partial charge < -0.3 is 10.2 Å². The molecule has 2 aromatic rings. The molecule has 15 heavy (non-hydrogen) atoms. The third-order valence-corrected chi connectivity index (χ3v) is 2.92. The summed E-state index contributed by atoms with van der Waals surface area (Å²) in [6, 6.07) is 0. The fourth-order valence-electron chi connectivity index (χ4n) is 1.21. The predicted molar refractivity (Wildman–Crippen MR) is 57.5 cm³/mol. The molecule has 80 valence electrons. The summed E-state index contributed by atoms with van der Waals surface area (Å²) in [7, 11) is 0. The molecular formula is C9H12N4OS. The molecule has 0 bridgehead atoms. The van der Waals surface area contributed by atoms with Gasteiger partial charge in [0.25, 0.3) is 5.89 Å². The van der Waals surface area contributed by atoms with E-state index in [1.807, 2.05) is 6.92 Å². The Morgan fingerprint density at radius 2 is 2.33 bits per heavy atom. The lowest BCUT2D eigenvalue weighted by Gasteiger charge is -1.91. The van der Waals surface area contributed by atoms with Crippen molar-refractivity contribution in [1.29, 1.82) is 0 Å². The summed E-state index contributed by atoms with van der Waals surface area (Å²) in [6.45, 7) is 2.56. The van der Waals surface area contributed by atoms with Crippen LogP contribution in [0.4, 0.5) is 0 Å². The van der Waals surface area contributed by atoms with Crippen LogP contribution < -0.4 is 5.73 Å². The molecule has 0 aliphatic rings. The Kier molecular flexibility index (Phi) is 3.08. The van der Waals surface area contributed by atoms with E-state index in [1.54, 1.807) is 5.51 Å². The molecule has 2 rings (SSSR count). The van der Waals surface area contributed by atoms with Gasteiger partial charge in [0.2, 0.25) is 5.89 Å². The fraction of sp³-hybridized carbons (Fsp3) is 0.444. The maximum atomic E-state index is 5.50. The Hall–Kier alpha value is -1.27. The molecule has 0 amide bonds. The summed E-state index contributed by atoms with van der Waals surface area (Å²) < 4.78 is 5.50. The van der Waals surface area contributed by atoms with Crippen molar-refractivity contribution in [3.8, 4) is 10.8 Å². The highest BCUT2D eigenvalue weighted by atomic mass is 32.1. The van der Waals surface area contributed by atoms with Crippen LogP contribution in [-0.2, 0) is 6.42 Å². The first-order chi connectivity index (χ1) is 7.31. The van der Waals surface area contributed by atoms with E-state index in [-0.39, 0.29) is 0 Å². The van der Waals surface area contributed by atoms with Crippen molar-refractivity contribution in [3.05, 3.63) is 17.1 Å². The van der Waals surface area contributed by atoms with Gasteiger partial charge in [-0.3, -0.25) is 0 Å². The zero-order valence-corrected chi connectivity index (χ0v) is 9.25. The molecule has 0 aliphatic heterocycles. The molecule has 0 spiro atoms. The minimum absolute atomic E-state index is 0.557. The van der Waals surface area contributed by atoms with Crippen LogP contribution in [-0.4, -0.2) is 21.7 Å². The zero-order chi connectivity index (χ0) is 10.7. The van der Waals surface area contributed by atoms with Gasteiger partial charge in [0.1, 0.15) is 4.88 Å². The smallest absolute Gasteiger partial charge is 0.259 e. The standard InChI is InChI=1S/C9H12N4OS/c1-6-8(15-5-11-6)9-13-12-7(14-9)3-2-4-10/h5H,2-4,10H2,1H3.